The second-order valence-corrected chi connectivity index (χ2v) is 4.41. The van der Waals surface area contributed by atoms with Gasteiger partial charge in [0.2, 0.25) is 0 Å². The summed E-state index contributed by atoms with van der Waals surface area (Å²) < 4.78 is 1.25. The first-order chi connectivity index (χ1) is 4.77. The number of fused-ring (bicyclic) bond motifs is 1. The molecule has 0 unspecified atom stereocenters. The third kappa shape index (κ3) is 0.867. The highest BCUT2D eigenvalue weighted by Gasteiger charge is 2.13. The molecule has 1 aliphatic rings. The van der Waals surface area contributed by atoms with E-state index in [1.54, 1.807) is 0 Å². The molecular weight excluding hydrogens is 208 g/mol. The standard InChI is InChI=1S/C8H7BrS/c1-5-2-6-7(9)4-10-8(6)3-5/h2,4H,3H2,1H3. The Morgan fingerprint density at radius 2 is 2.40 bits per heavy atom. The molecule has 0 bridgehead atoms. The van der Waals surface area contributed by atoms with E-state index in [0.717, 1.165) is 6.42 Å². The molecule has 0 fully saturated rings. The molecule has 0 N–H and O–H groups in total. The van der Waals surface area contributed by atoms with Crippen LogP contribution in [-0.4, -0.2) is 0 Å². The highest BCUT2D eigenvalue weighted by Crippen LogP contribution is 2.35. The molecule has 0 aromatic carbocycles. The largest absolute Gasteiger partial charge is 0.147 e. The predicted molar refractivity (Wildman–Crippen MR) is 49.4 cm³/mol. The monoisotopic (exact) mass is 214 g/mol. The second-order valence-electron chi connectivity index (χ2n) is 2.59. The van der Waals surface area contributed by atoms with Crippen molar-refractivity contribution in [3.8, 4) is 0 Å². The van der Waals surface area contributed by atoms with Crippen LogP contribution in [0.25, 0.3) is 6.08 Å². The van der Waals surface area contributed by atoms with Crippen LogP contribution < -0.4 is 0 Å². The molecule has 0 amide bonds. The first-order valence-electron chi connectivity index (χ1n) is 3.20. The minimum Gasteiger partial charge on any atom is -0.147 e. The van der Waals surface area contributed by atoms with Crippen LogP contribution in [0.1, 0.15) is 17.4 Å². The van der Waals surface area contributed by atoms with Crippen LogP contribution in [0.5, 0.6) is 0 Å². The average molecular weight is 215 g/mol. The van der Waals surface area contributed by atoms with Crippen molar-refractivity contribution in [1.29, 1.82) is 0 Å². The minimum atomic E-state index is 1.16. The van der Waals surface area contributed by atoms with Gasteiger partial charge in [0.25, 0.3) is 0 Å². The van der Waals surface area contributed by atoms with Gasteiger partial charge in [-0.3, -0.25) is 0 Å². The summed E-state index contributed by atoms with van der Waals surface area (Å²) in [4.78, 5) is 1.50. The molecule has 1 heterocycles. The zero-order valence-electron chi connectivity index (χ0n) is 5.65. The molecular formula is C8H7BrS. The number of hydrogen-bond acceptors (Lipinski definition) is 1. The Kier molecular flexibility index (Phi) is 1.46. The molecule has 1 aromatic heterocycles. The van der Waals surface area contributed by atoms with Gasteiger partial charge in [0.1, 0.15) is 0 Å². The highest BCUT2D eigenvalue weighted by molar-refractivity contribution is 9.10. The fourth-order valence-electron chi connectivity index (χ4n) is 1.22. The summed E-state index contributed by atoms with van der Waals surface area (Å²) >= 11 is 5.35. The Labute approximate surface area is 72.7 Å². The van der Waals surface area contributed by atoms with Crippen molar-refractivity contribution >= 4 is 33.3 Å². The van der Waals surface area contributed by atoms with E-state index in [-0.39, 0.29) is 0 Å². The van der Waals surface area contributed by atoms with Gasteiger partial charge < -0.3 is 0 Å². The lowest BCUT2D eigenvalue weighted by atomic mass is 10.3. The maximum Gasteiger partial charge on any atom is 0.0357 e. The van der Waals surface area contributed by atoms with E-state index in [0.29, 0.717) is 0 Å². The van der Waals surface area contributed by atoms with Gasteiger partial charge in [0.15, 0.2) is 0 Å². The molecule has 0 nitrogen and oxygen atoms in total. The first-order valence-corrected chi connectivity index (χ1v) is 4.87. The smallest absolute Gasteiger partial charge is 0.0357 e. The number of thiophene rings is 1. The lowest BCUT2D eigenvalue weighted by Crippen LogP contribution is -1.71. The van der Waals surface area contributed by atoms with E-state index < -0.39 is 0 Å². The van der Waals surface area contributed by atoms with Gasteiger partial charge in [-0.05, 0) is 22.9 Å². The van der Waals surface area contributed by atoms with Crippen LogP contribution in [0.2, 0.25) is 0 Å². The fraction of sp³-hybridized carbons (Fsp3) is 0.250. The van der Waals surface area contributed by atoms with E-state index in [1.807, 2.05) is 11.3 Å². The van der Waals surface area contributed by atoms with Crippen LogP contribution in [-0.2, 0) is 6.42 Å². The Hall–Kier alpha value is -0.0800. The van der Waals surface area contributed by atoms with E-state index in [4.69, 9.17) is 0 Å². The molecule has 0 saturated carbocycles. The number of halogens is 1. The second kappa shape index (κ2) is 2.21. The lowest BCUT2D eigenvalue weighted by Gasteiger charge is -1.85. The molecule has 0 spiro atoms. The Morgan fingerprint density at radius 1 is 1.60 bits per heavy atom. The van der Waals surface area contributed by atoms with Gasteiger partial charge in [0.05, 0.1) is 0 Å². The van der Waals surface area contributed by atoms with Crippen molar-refractivity contribution in [3.63, 3.8) is 0 Å². The molecule has 0 aliphatic heterocycles. The highest BCUT2D eigenvalue weighted by atomic mass is 79.9. The van der Waals surface area contributed by atoms with Crippen molar-refractivity contribution < 1.29 is 0 Å². The van der Waals surface area contributed by atoms with Gasteiger partial charge in [-0.15, -0.1) is 11.3 Å². The summed E-state index contributed by atoms with van der Waals surface area (Å²) in [5, 5.41) is 2.16. The Bertz CT molecular complexity index is 296. The van der Waals surface area contributed by atoms with Crippen LogP contribution in [0, 0.1) is 0 Å². The zero-order valence-corrected chi connectivity index (χ0v) is 8.05. The summed E-state index contributed by atoms with van der Waals surface area (Å²) in [5.74, 6) is 0. The van der Waals surface area contributed by atoms with Crippen molar-refractivity contribution in [3.05, 3.63) is 25.9 Å². The fourth-order valence-corrected chi connectivity index (χ4v) is 2.96. The SMILES string of the molecule is CC1=Cc2c(Br)csc2C1. The maximum absolute atomic E-state index is 3.51. The van der Waals surface area contributed by atoms with Gasteiger partial charge in [-0.1, -0.05) is 11.6 Å². The van der Waals surface area contributed by atoms with E-state index >= 15 is 0 Å². The number of allylic oxidation sites excluding steroid dienone is 1. The topological polar surface area (TPSA) is 0 Å². The quantitative estimate of drug-likeness (QED) is 0.621. The molecule has 0 atom stereocenters. The average Bonchev–Trinajstić information content (AvgIpc) is 2.35. The third-order valence-electron chi connectivity index (χ3n) is 1.69. The molecule has 52 valence electrons. The summed E-state index contributed by atoms with van der Waals surface area (Å²) in [5.41, 5.74) is 2.88. The molecule has 2 heteroatoms. The van der Waals surface area contributed by atoms with E-state index in [1.165, 1.54) is 20.5 Å². The normalized spacial score (nSPS) is 15.2. The van der Waals surface area contributed by atoms with Crippen molar-refractivity contribution in [2.45, 2.75) is 13.3 Å². The summed E-state index contributed by atoms with van der Waals surface area (Å²) in [6.07, 6.45) is 3.42. The van der Waals surface area contributed by atoms with Crippen LogP contribution in [0.15, 0.2) is 15.4 Å². The maximum atomic E-state index is 3.51. The molecule has 0 saturated heterocycles. The number of rotatable bonds is 0. The van der Waals surface area contributed by atoms with Crippen LogP contribution >= 0.6 is 27.3 Å². The van der Waals surface area contributed by atoms with Gasteiger partial charge in [-0.25, -0.2) is 0 Å². The Morgan fingerprint density at radius 3 is 3.10 bits per heavy atom. The van der Waals surface area contributed by atoms with Crippen LogP contribution in [0.3, 0.4) is 0 Å². The van der Waals surface area contributed by atoms with E-state index in [9.17, 15) is 0 Å². The summed E-state index contributed by atoms with van der Waals surface area (Å²) in [7, 11) is 0. The van der Waals surface area contributed by atoms with E-state index in [2.05, 4.69) is 34.3 Å². The molecule has 0 radical (unpaired) electrons. The molecule has 2 rings (SSSR count). The molecule has 1 aliphatic carbocycles. The predicted octanol–water partition coefficient (Wildman–Crippen LogP) is 3.47. The number of hydrogen-bond donors (Lipinski definition) is 0. The van der Waals surface area contributed by atoms with Gasteiger partial charge in [0, 0.05) is 26.7 Å². The minimum absolute atomic E-state index is 1.16. The summed E-state index contributed by atoms with van der Waals surface area (Å²) in [6.45, 7) is 2.18. The van der Waals surface area contributed by atoms with Crippen molar-refractivity contribution in [2.75, 3.05) is 0 Å². The van der Waals surface area contributed by atoms with Crippen LogP contribution in [0.4, 0.5) is 0 Å². The first kappa shape index (κ1) is 6.62. The summed E-state index contributed by atoms with van der Waals surface area (Å²) in [6, 6.07) is 0. The lowest BCUT2D eigenvalue weighted by molar-refractivity contribution is 1.24. The Balaban J connectivity index is 2.59. The zero-order chi connectivity index (χ0) is 7.14. The third-order valence-corrected chi connectivity index (χ3v) is 3.65. The van der Waals surface area contributed by atoms with Crippen molar-refractivity contribution in [1.82, 2.24) is 0 Å². The van der Waals surface area contributed by atoms with Gasteiger partial charge >= 0.3 is 0 Å². The van der Waals surface area contributed by atoms with Crippen molar-refractivity contribution in [2.24, 2.45) is 0 Å². The molecule has 1 aromatic rings. The van der Waals surface area contributed by atoms with Gasteiger partial charge in [-0.2, -0.15) is 0 Å². The molecule has 10 heavy (non-hydrogen) atoms.